The van der Waals surface area contributed by atoms with Gasteiger partial charge in [-0.15, -0.1) is 11.8 Å². The van der Waals surface area contributed by atoms with Crippen molar-refractivity contribution >= 4 is 17.3 Å². The van der Waals surface area contributed by atoms with E-state index in [4.69, 9.17) is 0 Å². The van der Waals surface area contributed by atoms with Crippen LogP contribution in [0.4, 0.5) is 4.39 Å². The van der Waals surface area contributed by atoms with Gasteiger partial charge in [0, 0.05) is 4.91 Å². The second-order valence-electron chi connectivity index (χ2n) is 4.75. The summed E-state index contributed by atoms with van der Waals surface area (Å²) in [6, 6.07) is 5.40. The fourth-order valence-corrected chi connectivity index (χ4v) is 2.41. The van der Waals surface area contributed by atoms with Crippen molar-refractivity contribution < 1.29 is 4.39 Å². The summed E-state index contributed by atoms with van der Waals surface area (Å²) >= 11 is 1.66. The SMILES string of the molecule is C=C(SC)/C(=C\C(=C/C)c1ccc(C)c(F)c1)CCC. The number of benzene rings is 1. The van der Waals surface area contributed by atoms with Crippen molar-refractivity contribution in [3.05, 3.63) is 64.4 Å². The first kappa shape index (κ1) is 16.8. The topological polar surface area (TPSA) is 0 Å². The molecule has 0 amide bonds. The molecule has 0 spiro atoms. The van der Waals surface area contributed by atoms with Crippen molar-refractivity contribution in [3.63, 3.8) is 0 Å². The van der Waals surface area contributed by atoms with E-state index in [1.54, 1.807) is 24.8 Å². The zero-order valence-corrected chi connectivity index (χ0v) is 13.6. The lowest BCUT2D eigenvalue weighted by Gasteiger charge is -2.10. The first-order valence-electron chi connectivity index (χ1n) is 6.90. The van der Waals surface area contributed by atoms with Crippen LogP contribution in [0.1, 0.15) is 37.8 Å². The van der Waals surface area contributed by atoms with E-state index < -0.39 is 0 Å². The second-order valence-corrected chi connectivity index (χ2v) is 5.66. The Morgan fingerprint density at radius 3 is 2.60 bits per heavy atom. The zero-order chi connectivity index (χ0) is 15.1. The highest BCUT2D eigenvalue weighted by Gasteiger charge is 2.06. The number of rotatable bonds is 6. The van der Waals surface area contributed by atoms with Crippen LogP contribution in [0.2, 0.25) is 0 Å². The Morgan fingerprint density at radius 2 is 2.10 bits per heavy atom. The third kappa shape index (κ3) is 4.38. The number of thioether (sulfide) groups is 1. The highest BCUT2D eigenvalue weighted by molar-refractivity contribution is 8.02. The molecule has 1 aromatic rings. The largest absolute Gasteiger partial charge is 0.207 e. The van der Waals surface area contributed by atoms with Gasteiger partial charge in [-0.3, -0.25) is 0 Å². The van der Waals surface area contributed by atoms with E-state index in [2.05, 4.69) is 19.6 Å². The molecule has 1 rings (SSSR count). The van der Waals surface area contributed by atoms with Gasteiger partial charge in [-0.25, -0.2) is 4.39 Å². The predicted molar refractivity (Wildman–Crippen MR) is 90.4 cm³/mol. The van der Waals surface area contributed by atoms with Gasteiger partial charge in [-0.2, -0.15) is 0 Å². The van der Waals surface area contributed by atoms with Gasteiger partial charge in [0.2, 0.25) is 0 Å². The summed E-state index contributed by atoms with van der Waals surface area (Å²) in [5.74, 6) is -0.156. The molecule has 108 valence electrons. The third-order valence-electron chi connectivity index (χ3n) is 3.27. The fraction of sp³-hybridized carbons (Fsp3) is 0.333. The molecule has 0 aliphatic heterocycles. The quantitative estimate of drug-likeness (QED) is 0.567. The average molecular weight is 290 g/mol. The summed E-state index contributed by atoms with van der Waals surface area (Å²) in [5, 5.41) is 0. The van der Waals surface area contributed by atoms with E-state index in [1.807, 2.05) is 31.4 Å². The van der Waals surface area contributed by atoms with E-state index in [-0.39, 0.29) is 5.82 Å². The maximum atomic E-state index is 13.7. The van der Waals surface area contributed by atoms with E-state index in [1.165, 1.54) is 5.57 Å². The van der Waals surface area contributed by atoms with Gasteiger partial charge in [-0.05, 0) is 54.9 Å². The van der Waals surface area contributed by atoms with Gasteiger partial charge in [-0.1, -0.05) is 44.2 Å². The van der Waals surface area contributed by atoms with Crippen LogP contribution < -0.4 is 0 Å². The Hall–Kier alpha value is -1.28. The summed E-state index contributed by atoms with van der Waals surface area (Å²) < 4.78 is 13.7. The number of hydrogen-bond donors (Lipinski definition) is 0. The molecular formula is C18H23FS. The fourth-order valence-electron chi connectivity index (χ4n) is 1.99. The highest BCUT2D eigenvalue weighted by atomic mass is 32.2. The Kier molecular flexibility index (Phi) is 6.80. The summed E-state index contributed by atoms with van der Waals surface area (Å²) in [7, 11) is 0. The molecule has 0 atom stereocenters. The molecule has 20 heavy (non-hydrogen) atoms. The zero-order valence-electron chi connectivity index (χ0n) is 12.8. The van der Waals surface area contributed by atoms with Crippen molar-refractivity contribution in [2.45, 2.75) is 33.6 Å². The van der Waals surface area contributed by atoms with Gasteiger partial charge in [0.1, 0.15) is 5.82 Å². The number of allylic oxidation sites excluding steroid dienone is 4. The minimum Gasteiger partial charge on any atom is -0.207 e. The molecule has 0 saturated carbocycles. The number of halogens is 1. The molecule has 0 bridgehead atoms. The van der Waals surface area contributed by atoms with Crippen LogP contribution >= 0.6 is 11.8 Å². The molecule has 0 N–H and O–H groups in total. The summed E-state index contributed by atoms with van der Waals surface area (Å²) in [4.78, 5) is 1.08. The Morgan fingerprint density at radius 1 is 1.40 bits per heavy atom. The van der Waals surface area contributed by atoms with Crippen LogP contribution in [0.5, 0.6) is 0 Å². The van der Waals surface area contributed by atoms with Crippen LogP contribution in [0.15, 0.2) is 47.4 Å². The molecule has 0 nitrogen and oxygen atoms in total. The number of hydrogen-bond acceptors (Lipinski definition) is 1. The lowest BCUT2D eigenvalue weighted by Crippen LogP contribution is -1.90. The van der Waals surface area contributed by atoms with Gasteiger partial charge < -0.3 is 0 Å². The monoisotopic (exact) mass is 290 g/mol. The smallest absolute Gasteiger partial charge is 0.126 e. The van der Waals surface area contributed by atoms with Crippen molar-refractivity contribution in [1.82, 2.24) is 0 Å². The first-order valence-corrected chi connectivity index (χ1v) is 8.12. The van der Waals surface area contributed by atoms with Crippen LogP contribution in [0, 0.1) is 12.7 Å². The molecule has 0 unspecified atom stereocenters. The Labute approximate surface area is 126 Å². The first-order chi connectivity index (χ1) is 9.53. The molecule has 1 aromatic carbocycles. The summed E-state index contributed by atoms with van der Waals surface area (Å²) in [6.07, 6.45) is 8.25. The van der Waals surface area contributed by atoms with E-state index in [9.17, 15) is 4.39 Å². The molecule has 0 radical (unpaired) electrons. The predicted octanol–water partition coefficient (Wildman–Crippen LogP) is 6.14. The van der Waals surface area contributed by atoms with Crippen molar-refractivity contribution in [3.8, 4) is 0 Å². The standard InChI is InChI=1S/C18H23FS/c1-6-8-16(14(4)20-5)11-15(7-2)17-10-9-13(3)18(19)12-17/h7,9-12H,4,6,8H2,1-3,5H3/b15-7+,16-11-. The van der Waals surface area contributed by atoms with Gasteiger partial charge >= 0.3 is 0 Å². The lowest BCUT2D eigenvalue weighted by molar-refractivity contribution is 0.618. The minimum absolute atomic E-state index is 0.156. The normalized spacial score (nSPS) is 12.7. The molecule has 0 aliphatic rings. The lowest BCUT2D eigenvalue weighted by atomic mass is 9.99. The van der Waals surface area contributed by atoms with Crippen molar-refractivity contribution in [2.24, 2.45) is 0 Å². The van der Waals surface area contributed by atoms with Crippen LogP contribution in [-0.4, -0.2) is 6.26 Å². The van der Waals surface area contributed by atoms with Crippen LogP contribution in [-0.2, 0) is 0 Å². The van der Waals surface area contributed by atoms with Crippen molar-refractivity contribution in [2.75, 3.05) is 6.26 Å². The summed E-state index contributed by atoms with van der Waals surface area (Å²) in [6.45, 7) is 10.0. The highest BCUT2D eigenvalue weighted by Crippen LogP contribution is 2.28. The van der Waals surface area contributed by atoms with E-state index >= 15 is 0 Å². The molecule has 0 saturated heterocycles. The minimum atomic E-state index is -0.156. The Bertz CT molecular complexity index is 538. The molecule has 0 aromatic heterocycles. The summed E-state index contributed by atoms with van der Waals surface area (Å²) in [5.41, 5.74) is 3.87. The molecule has 0 aliphatic carbocycles. The maximum absolute atomic E-state index is 13.7. The molecule has 2 heteroatoms. The molecule has 0 heterocycles. The Balaban J connectivity index is 3.17. The second kappa shape index (κ2) is 8.11. The van der Waals surface area contributed by atoms with Crippen molar-refractivity contribution in [1.29, 1.82) is 0 Å². The van der Waals surface area contributed by atoms with Crippen LogP contribution in [0.25, 0.3) is 5.57 Å². The maximum Gasteiger partial charge on any atom is 0.126 e. The van der Waals surface area contributed by atoms with Crippen LogP contribution in [0.3, 0.4) is 0 Å². The van der Waals surface area contributed by atoms with Gasteiger partial charge in [0.25, 0.3) is 0 Å². The van der Waals surface area contributed by atoms with E-state index in [0.29, 0.717) is 5.56 Å². The van der Waals surface area contributed by atoms with Gasteiger partial charge in [0.05, 0.1) is 0 Å². The number of aryl methyl sites for hydroxylation is 1. The molecular weight excluding hydrogens is 267 g/mol. The van der Waals surface area contributed by atoms with E-state index in [0.717, 1.165) is 28.9 Å². The third-order valence-corrected chi connectivity index (χ3v) is 4.02. The molecule has 0 fully saturated rings. The average Bonchev–Trinajstić information content (AvgIpc) is 2.45. The van der Waals surface area contributed by atoms with Gasteiger partial charge in [0.15, 0.2) is 0 Å².